The van der Waals surface area contributed by atoms with Gasteiger partial charge in [0, 0.05) is 39.1 Å². The first-order valence-corrected chi connectivity index (χ1v) is 11.6. The number of thioether (sulfide) groups is 1. The Hall–Kier alpha value is -1.90. The molecule has 170 valence electrons. The Labute approximate surface area is 197 Å². The van der Waals surface area contributed by atoms with Crippen molar-refractivity contribution >= 4 is 46.6 Å². The Bertz CT molecular complexity index is 1100. The van der Waals surface area contributed by atoms with E-state index in [9.17, 15) is 18.0 Å². The number of oxime groups is 1. The standard InChI is InChI=1S/C22H19Cl2F3N2O2S/c1-12-5-13(3-4-17(12)19(30)28-20(2)10-32-11-20)18-9-21(31-29-18,22(25,26)27)14-6-15(23)8-16(24)7-14/h3-8H,9-11H2,1-2H3,(H,28,30). The van der Waals surface area contributed by atoms with E-state index in [2.05, 4.69) is 10.5 Å². The fraction of sp³-hybridized carbons (Fsp3) is 0.364. The van der Waals surface area contributed by atoms with E-state index in [-0.39, 0.29) is 32.8 Å². The number of amides is 1. The number of aryl methyl sites for hydroxylation is 1. The van der Waals surface area contributed by atoms with Crippen molar-refractivity contribution in [3.63, 3.8) is 0 Å². The molecule has 0 aliphatic carbocycles. The minimum atomic E-state index is -4.77. The van der Waals surface area contributed by atoms with Crippen molar-refractivity contribution in [1.29, 1.82) is 0 Å². The summed E-state index contributed by atoms with van der Waals surface area (Å²) in [6.45, 7) is 3.72. The van der Waals surface area contributed by atoms with Crippen molar-refractivity contribution in [2.75, 3.05) is 11.5 Å². The molecule has 32 heavy (non-hydrogen) atoms. The van der Waals surface area contributed by atoms with E-state index in [1.165, 1.54) is 18.2 Å². The van der Waals surface area contributed by atoms with Gasteiger partial charge >= 0.3 is 6.18 Å². The lowest BCUT2D eigenvalue weighted by Crippen LogP contribution is -2.55. The molecule has 4 rings (SSSR count). The highest BCUT2D eigenvalue weighted by molar-refractivity contribution is 8.00. The van der Waals surface area contributed by atoms with E-state index in [0.29, 0.717) is 16.7 Å². The summed E-state index contributed by atoms with van der Waals surface area (Å²) < 4.78 is 42.5. The van der Waals surface area contributed by atoms with Crippen LogP contribution in [0, 0.1) is 6.92 Å². The molecule has 0 spiro atoms. The molecule has 2 aliphatic heterocycles. The summed E-state index contributed by atoms with van der Waals surface area (Å²) in [7, 11) is 0. The van der Waals surface area contributed by atoms with Crippen LogP contribution >= 0.6 is 35.0 Å². The van der Waals surface area contributed by atoms with E-state index >= 15 is 0 Å². The molecule has 2 aromatic rings. The Morgan fingerprint density at radius 1 is 1.16 bits per heavy atom. The minimum Gasteiger partial charge on any atom is -0.374 e. The van der Waals surface area contributed by atoms with Crippen LogP contribution in [0.1, 0.15) is 40.4 Å². The molecule has 1 saturated heterocycles. The average molecular weight is 503 g/mol. The number of carbonyl (C=O) groups is 1. The Kier molecular flexibility index (Phi) is 5.92. The van der Waals surface area contributed by atoms with Crippen LogP contribution < -0.4 is 5.32 Å². The Balaban J connectivity index is 1.61. The van der Waals surface area contributed by atoms with Gasteiger partial charge in [-0.15, -0.1) is 0 Å². The molecular formula is C22H19Cl2F3N2O2S. The summed E-state index contributed by atoms with van der Waals surface area (Å²) in [5, 5.41) is 6.92. The first-order valence-electron chi connectivity index (χ1n) is 9.72. The van der Waals surface area contributed by atoms with E-state index < -0.39 is 18.2 Å². The summed E-state index contributed by atoms with van der Waals surface area (Å²) in [5.41, 5.74) is -1.48. The molecule has 1 unspecified atom stereocenters. The topological polar surface area (TPSA) is 50.7 Å². The zero-order valence-corrected chi connectivity index (χ0v) is 19.5. The molecule has 1 fully saturated rings. The number of nitrogens with one attached hydrogen (secondary N) is 1. The van der Waals surface area contributed by atoms with Gasteiger partial charge in [-0.25, -0.2) is 0 Å². The normalized spacial score (nSPS) is 22.0. The van der Waals surface area contributed by atoms with E-state index in [4.69, 9.17) is 28.0 Å². The molecule has 4 nitrogen and oxygen atoms in total. The summed E-state index contributed by atoms with van der Waals surface area (Å²) in [4.78, 5) is 17.7. The number of hydrogen-bond acceptors (Lipinski definition) is 4. The van der Waals surface area contributed by atoms with Gasteiger partial charge in [-0.2, -0.15) is 24.9 Å². The van der Waals surface area contributed by atoms with Crippen molar-refractivity contribution in [2.24, 2.45) is 5.16 Å². The number of hydrogen-bond donors (Lipinski definition) is 1. The van der Waals surface area contributed by atoms with Crippen molar-refractivity contribution in [3.8, 4) is 0 Å². The molecule has 10 heteroatoms. The molecule has 0 aromatic heterocycles. The lowest BCUT2D eigenvalue weighted by Gasteiger charge is -2.38. The van der Waals surface area contributed by atoms with Crippen LogP contribution in [0.15, 0.2) is 41.6 Å². The quantitative estimate of drug-likeness (QED) is 0.547. The molecule has 0 radical (unpaired) electrons. The summed E-state index contributed by atoms with van der Waals surface area (Å²) in [5.74, 6) is 1.48. The van der Waals surface area contributed by atoms with E-state index in [0.717, 1.165) is 11.5 Å². The van der Waals surface area contributed by atoms with Gasteiger partial charge in [0.15, 0.2) is 0 Å². The molecule has 0 saturated carbocycles. The number of carbonyl (C=O) groups excluding carboxylic acids is 1. The van der Waals surface area contributed by atoms with Crippen LogP contribution in [-0.2, 0) is 10.4 Å². The smallest absolute Gasteiger partial charge is 0.374 e. The summed E-state index contributed by atoms with van der Waals surface area (Å²) >= 11 is 13.6. The predicted molar refractivity (Wildman–Crippen MR) is 121 cm³/mol. The lowest BCUT2D eigenvalue weighted by molar-refractivity contribution is -0.275. The fourth-order valence-corrected chi connectivity index (χ4v) is 5.25. The van der Waals surface area contributed by atoms with Gasteiger partial charge in [0.1, 0.15) is 0 Å². The van der Waals surface area contributed by atoms with Gasteiger partial charge in [-0.3, -0.25) is 4.79 Å². The maximum Gasteiger partial charge on any atom is 0.435 e. The van der Waals surface area contributed by atoms with Crippen molar-refractivity contribution in [1.82, 2.24) is 5.32 Å². The second kappa shape index (κ2) is 8.15. The first kappa shape index (κ1) is 23.3. The third-order valence-electron chi connectivity index (χ3n) is 5.58. The van der Waals surface area contributed by atoms with E-state index in [1.54, 1.807) is 36.9 Å². The molecule has 2 aromatic carbocycles. The Morgan fingerprint density at radius 3 is 2.34 bits per heavy atom. The zero-order chi connectivity index (χ0) is 23.3. The first-order chi connectivity index (χ1) is 14.9. The molecule has 1 N–H and O–H groups in total. The van der Waals surface area contributed by atoms with Crippen LogP contribution in [0.3, 0.4) is 0 Å². The largest absolute Gasteiger partial charge is 0.435 e. The number of alkyl halides is 3. The summed E-state index contributed by atoms with van der Waals surface area (Å²) in [6.07, 6.45) is -5.31. The van der Waals surface area contributed by atoms with Gasteiger partial charge in [-0.1, -0.05) is 34.4 Å². The second-order valence-corrected chi connectivity index (χ2v) is 10.2. The highest BCUT2D eigenvalue weighted by atomic mass is 35.5. The fourth-order valence-electron chi connectivity index (χ4n) is 3.77. The number of benzene rings is 2. The van der Waals surface area contributed by atoms with Gasteiger partial charge < -0.3 is 10.2 Å². The van der Waals surface area contributed by atoms with Crippen molar-refractivity contribution in [3.05, 3.63) is 68.7 Å². The molecule has 2 aliphatic rings. The predicted octanol–water partition coefficient (Wildman–Crippen LogP) is 6.12. The highest BCUT2D eigenvalue weighted by Crippen LogP contribution is 2.49. The van der Waals surface area contributed by atoms with Crippen LogP contribution in [0.2, 0.25) is 10.0 Å². The molecule has 1 amide bonds. The van der Waals surface area contributed by atoms with Crippen molar-refractivity contribution < 1.29 is 22.8 Å². The molecular weight excluding hydrogens is 484 g/mol. The Morgan fingerprint density at radius 2 is 1.81 bits per heavy atom. The number of rotatable bonds is 4. The zero-order valence-electron chi connectivity index (χ0n) is 17.1. The second-order valence-electron chi connectivity index (χ2n) is 8.33. The van der Waals surface area contributed by atoms with Gasteiger partial charge in [0.2, 0.25) is 0 Å². The van der Waals surface area contributed by atoms with Crippen LogP contribution in [0.25, 0.3) is 0 Å². The maximum atomic E-state index is 14.2. The third-order valence-corrected chi connectivity index (χ3v) is 7.69. The van der Waals surface area contributed by atoms with E-state index in [1.807, 2.05) is 6.92 Å². The van der Waals surface area contributed by atoms with Gasteiger partial charge in [-0.05, 0) is 55.3 Å². The SMILES string of the molecule is Cc1cc(C2=NOC(c3cc(Cl)cc(Cl)c3)(C(F)(F)F)C2)ccc1C(=O)NC1(C)CSC1. The lowest BCUT2D eigenvalue weighted by atomic mass is 9.86. The molecule has 0 bridgehead atoms. The average Bonchev–Trinajstić information content (AvgIpc) is 3.12. The van der Waals surface area contributed by atoms with Crippen LogP contribution in [-0.4, -0.2) is 34.8 Å². The highest BCUT2D eigenvalue weighted by Gasteiger charge is 2.62. The maximum absolute atomic E-state index is 14.2. The van der Waals surface area contributed by atoms with Gasteiger partial charge in [0.25, 0.3) is 11.5 Å². The molecule has 1 atom stereocenters. The number of halogens is 5. The molecule has 2 heterocycles. The third kappa shape index (κ3) is 4.20. The van der Waals surface area contributed by atoms with Crippen molar-refractivity contribution in [2.45, 2.75) is 37.6 Å². The van der Waals surface area contributed by atoms with Crippen LogP contribution in [0.4, 0.5) is 13.2 Å². The van der Waals surface area contributed by atoms with Crippen LogP contribution in [0.5, 0.6) is 0 Å². The summed E-state index contributed by atoms with van der Waals surface area (Å²) in [6, 6.07) is 8.53. The van der Waals surface area contributed by atoms with Gasteiger partial charge in [0.05, 0.1) is 11.3 Å². The monoisotopic (exact) mass is 502 g/mol. The minimum absolute atomic E-state index is 0.0675. The number of nitrogens with zero attached hydrogens (tertiary/aromatic N) is 1.